The Labute approximate surface area is 110 Å². The van der Waals surface area contributed by atoms with Crippen LogP contribution < -0.4 is 0 Å². The van der Waals surface area contributed by atoms with Gasteiger partial charge in [0.05, 0.1) is 0 Å². The molecule has 0 aromatic heterocycles. The number of nitrogens with zero attached hydrogens (tertiary/aromatic N) is 1. The second-order valence-electron chi connectivity index (χ2n) is 7.30. The van der Waals surface area contributed by atoms with Crippen molar-refractivity contribution in [1.29, 1.82) is 0 Å². The van der Waals surface area contributed by atoms with Crippen LogP contribution in [-0.4, -0.2) is 32.0 Å². The van der Waals surface area contributed by atoms with Crippen LogP contribution in [0.3, 0.4) is 0 Å². The van der Waals surface area contributed by atoms with Crippen molar-refractivity contribution in [2.24, 2.45) is 11.8 Å². The summed E-state index contributed by atoms with van der Waals surface area (Å²) in [5.41, 5.74) is 0. The van der Waals surface area contributed by atoms with Gasteiger partial charge in [0.15, 0.2) is 0 Å². The van der Waals surface area contributed by atoms with E-state index in [9.17, 15) is 0 Å². The van der Waals surface area contributed by atoms with E-state index in [1.807, 2.05) is 0 Å². The maximum Gasteiger partial charge on any atom is 0.144 e. The van der Waals surface area contributed by atoms with Gasteiger partial charge in [0.2, 0.25) is 0 Å². The number of hydrogen-bond donors (Lipinski definition) is 0. The van der Waals surface area contributed by atoms with Crippen LogP contribution in [-0.2, 0) is 0 Å². The van der Waals surface area contributed by atoms with Crippen molar-refractivity contribution in [3.63, 3.8) is 0 Å². The molecule has 1 nitrogen and oxygen atoms in total. The van der Waals surface area contributed by atoms with Gasteiger partial charge in [-0.3, -0.25) is 0 Å². The minimum atomic E-state index is -0.822. The smallest absolute Gasteiger partial charge is 0.144 e. The summed E-state index contributed by atoms with van der Waals surface area (Å²) in [5, 5.41) is 0. The van der Waals surface area contributed by atoms with Crippen LogP contribution in [0.25, 0.3) is 0 Å². The number of hydrogen-bond acceptors (Lipinski definition) is 0. The lowest BCUT2D eigenvalue weighted by Crippen LogP contribution is -2.23. The van der Waals surface area contributed by atoms with E-state index in [1.54, 1.807) is 0 Å². The van der Waals surface area contributed by atoms with Gasteiger partial charge in [-0.05, 0) is 6.42 Å². The molecular weight excluding hydrogens is 222 g/mol. The third kappa shape index (κ3) is 12.1. The topological polar surface area (TPSA) is 3.01 Å². The fourth-order valence-electron chi connectivity index (χ4n) is 2.09. The first-order chi connectivity index (χ1) is 7.70. The second kappa shape index (κ2) is 8.07. The van der Waals surface area contributed by atoms with Crippen LogP contribution in [0.1, 0.15) is 40.5 Å². The minimum absolute atomic E-state index is 0.672. The number of unbranched alkanes of at least 4 members (excludes halogenated alkanes) is 1. The fraction of sp³-hybridized carbons (Fsp3) is 0.933. The molecule has 0 unspecified atom stereocenters. The normalized spacial score (nSPS) is 13.8. The van der Waals surface area contributed by atoms with E-state index in [-0.39, 0.29) is 0 Å². The summed E-state index contributed by atoms with van der Waals surface area (Å²) in [6.07, 6.45) is 5.19. The Bertz CT molecular complexity index is 224. The zero-order chi connectivity index (χ0) is 13.5. The van der Waals surface area contributed by atoms with Gasteiger partial charge in [-0.1, -0.05) is 53.4 Å². The molecule has 102 valence electrons. The van der Waals surface area contributed by atoms with E-state index in [1.165, 1.54) is 32.0 Å². The van der Waals surface area contributed by atoms with Crippen LogP contribution in [0.2, 0.25) is 25.7 Å². The molecule has 0 radical (unpaired) electrons. The summed E-state index contributed by atoms with van der Waals surface area (Å²) >= 11 is 0. The summed E-state index contributed by atoms with van der Waals surface area (Å²) < 4.78 is 2.54. The first-order valence-corrected chi connectivity index (χ1v) is 11.0. The predicted molar refractivity (Wildman–Crippen MR) is 83.1 cm³/mol. The first kappa shape index (κ1) is 16.9. The van der Waals surface area contributed by atoms with Crippen LogP contribution in [0.15, 0.2) is 0 Å². The van der Waals surface area contributed by atoms with Crippen molar-refractivity contribution in [3.05, 3.63) is 0 Å². The molecule has 0 aliphatic heterocycles. The van der Waals surface area contributed by atoms with Gasteiger partial charge in [0.25, 0.3) is 0 Å². The van der Waals surface area contributed by atoms with E-state index in [0.717, 1.165) is 5.92 Å². The first-order valence-electron chi connectivity index (χ1n) is 7.30. The molecule has 0 saturated carbocycles. The highest BCUT2D eigenvalue weighted by Crippen LogP contribution is 2.12. The van der Waals surface area contributed by atoms with Crippen molar-refractivity contribution in [2.75, 3.05) is 13.1 Å². The predicted octanol–water partition coefficient (Wildman–Crippen LogP) is 4.50. The van der Waals surface area contributed by atoms with Crippen molar-refractivity contribution in [3.8, 4) is 0 Å². The molecule has 0 atom stereocenters. The van der Waals surface area contributed by atoms with Gasteiger partial charge in [-0.25, -0.2) is 4.58 Å². The van der Waals surface area contributed by atoms with E-state index < -0.39 is 8.07 Å². The zero-order valence-electron chi connectivity index (χ0n) is 13.2. The monoisotopic (exact) mass is 256 g/mol. The average Bonchev–Trinajstić information content (AvgIpc) is 2.08. The minimum Gasteiger partial charge on any atom is -0.239 e. The Hall–Kier alpha value is -0.113. The summed E-state index contributed by atoms with van der Waals surface area (Å²) in [6, 6.07) is 1.48. The molecule has 2 heteroatoms. The van der Waals surface area contributed by atoms with Gasteiger partial charge in [-0.2, -0.15) is 0 Å². The molecule has 0 aromatic carbocycles. The van der Waals surface area contributed by atoms with E-state index >= 15 is 0 Å². The molecule has 0 aliphatic rings. The molecule has 0 heterocycles. The van der Waals surface area contributed by atoms with E-state index in [2.05, 4.69) is 58.1 Å². The Balaban J connectivity index is 4.01. The largest absolute Gasteiger partial charge is 0.239 e. The van der Waals surface area contributed by atoms with E-state index in [0.29, 0.717) is 5.92 Å². The Kier molecular flexibility index (Phi) is 8.02. The van der Waals surface area contributed by atoms with Gasteiger partial charge in [-0.15, -0.1) is 0 Å². The molecule has 0 N–H and O–H groups in total. The van der Waals surface area contributed by atoms with Crippen molar-refractivity contribution in [1.82, 2.24) is 0 Å². The number of rotatable bonds is 8. The Morgan fingerprint density at radius 1 is 1.00 bits per heavy atom. The SMILES string of the molecule is CC(C)C=[N+](CCCC[Si](C)(C)C)CC(C)C. The van der Waals surface area contributed by atoms with Crippen LogP contribution >= 0.6 is 0 Å². The van der Waals surface area contributed by atoms with Crippen molar-refractivity contribution < 1.29 is 4.58 Å². The van der Waals surface area contributed by atoms with Crippen molar-refractivity contribution >= 4 is 14.3 Å². The summed E-state index contributed by atoms with van der Waals surface area (Å²) in [4.78, 5) is 0. The molecule has 0 bridgehead atoms. The molecular formula is C15H34NSi+. The van der Waals surface area contributed by atoms with Crippen LogP contribution in [0, 0.1) is 11.8 Å². The van der Waals surface area contributed by atoms with Gasteiger partial charge in [0, 0.05) is 26.3 Å². The molecule has 17 heavy (non-hydrogen) atoms. The highest BCUT2D eigenvalue weighted by atomic mass is 28.3. The van der Waals surface area contributed by atoms with Gasteiger partial charge >= 0.3 is 0 Å². The lowest BCUT2D eigenvalue weighted by molar-refractivity contribution is -0.531. The molecule has 0 rings (SSSR count). The molecule has 0 spiro atoms. The molecule has 0 aliphatic carbocycles. The Morgan fingerprint density at radius 3 is 2.00 bits per heavy atom. The van der Waals surface area contributed by atoms with Gasteiger partial charge < -0.3 is 0 Å². The van der Waals surface area contributed by atoms with Crippen molar-refractivity contribution in [2.45, 2.75) is 66.2 Å². The average molecular weight is 257 g/mol. The van der Waals surface area contributed by atoms with Gasteiger partial charge in [0.1, 0.15) is 19.3 Å². The summed E-state index contributed by atoms with van der Waals surface area (Å²) in [5.74, 6) is 1.44. The second-order valence-corrected chi connectivity index (χ2v) is 12.9. The molecule has 0 fully saturated rings. The maximum atomic E-state index is 2.54. The lowest BCUT2D eigenvalue weighted by Gasteiger charge is -2.15. The lowest BCUT2D eigenvalue weighted by atomic mass is 10.2. The molecule has 0 amide bonds. The quantitative estimate of drug-likeness (QED) is 0.260. The fourth-order valence-corrected chi connectivity index (χ4v) is 3.40. The zero-order valence-corrected chi connectivity index (χ0v) is 14.2. The van der Waals surface area contributed by atoms with E-state index in [4.69, 9.17) is 0 Å². The highest BCUT2D eigenvalue weighted by molar-refractivity contribution is 6.76. The maximum absolute atomic E-state index is 2.54. The third-order valence-electron chi connectivity index (χ3n) is 2.73. The molecule has 0 saturated heterocycles. The third-order valence-corrected chi connectivity index (χ3v) is 4.58. The standard InChI is InChI=1S/C15H34NSi/c1-14(2)12-16(13-15(3)4)10-8-9-11-17(5,6)7/h12,14-15H,8-11,13H2,1-7H3/q+1. The van der Waals surface area contributed by atoms with Crippen LogP contribution in [0.5, 0.6) is 0 Å². The molecule has 0 aromatic rings. The Morgan fingerprint density at radius 2 is 1.59 bits per heavy atom. The summed E-state index contributed by atoms with van der Waals surface area (Å²) in [7, 11) is -0.822. The summed E-state index contributed by atoms with van der Waals surface area (Å²) in [6.45, 7) is 19.0. The van der Waals surface area contributed by atoms with Crippen LogP contribution in [0.4, 0.5) is 0 Å². The highest BCUT2D eigenvalue weighted by Gasteiger charge is 2.13.